The van der Waals surface area contributed by atoms with Gasteiger partial charge in [-0.05, 0) is 30.5 Å². The third-order valence-corrected chi connectivity index (χ3v) is 4.26. The number of benzene rings is 1. The Labute approximate surface area is 127 Å². The highest BCUT2D eigenvalue weighted by molar-refractivity contribution is 5.79. The monoisotopic (exact) mass is 299 g/mol. The summed E-state index contributed by atoms with van der Waals surface area (Å²) in [6.07, 6.45) is 4.16. The molecule has 0 fully saturated rings. The molecule has 0 spiro atoms. The third kappa shape index (κ3) is 2.41. The van der Waals surface area contributed by atoms with Gasteiger partial charge in [0.1, 0.15) is 0 Å². The quantitative estimate of drug-likeness (QED) is 0.902. The second-order valence-electron chi connectivity index (χ2n) is 5.67. The number of ether oxygens (including phenoxy) is 2. The lowest BCUT2D eigenvalue weighted by atomic mass is 9.89. The maximum atomic E-state index is 12.3. The van der Waals surface area contributed by atoms with Gasteiger partial charge < -0.3 is 19.8 Å². The number of fused-ring (bicyclic) bond motifs is 2. The van der Waals surface area contributed by atoms with E-state index in [1.807, 2.05) is 18.2 Å². The fraction of sp³-hybridized carbons (Fsp3) is 0.375. The number of aryl methyl sites for hydroxylation is 1. The van der Waals surface area contributed by atoms with Gasteiger partial charge in [0.05, 0.1) is 12.0 Å². The predicted octanol–water partition coefficient (Wildman–Crippen LogP) is 1.56. The Morgan fingerprint density at radius 3 is 3.23 bits per heavy atom. The summed E-state index contributed by atoms with van der Waals surface area (Å²) >= 11 is 0. The summed E-state index contributed by atoms with van der Waals surface area (Å²) in [6, 6.07) is 5.74. The number of imidazole rings is 1. The van der Waals surface area contributed by atoms with Gasteiger partial charge in [-0.3, -0.25) is 4.79 Å². The number of amides is 1. The molecule has 6 heteroatoms. The minimum absolute atomic E-state index is 0.0157. The summed E-state index contributed by atoms with van der Waals surface area (Å²) in [7, 11) is 0. The summed E-state index contributed by atoms with van der Waals surface area (Å²) in [6.45, 7) is 0.765. The highest BCUT2D eigenvalue weighted by Crippen LogP contribution is 2.32. The summed E-state index contributed by atoms with van der Waals surface area (Å²) in [4.78, 5) is 19.7. The Kier molecular flexibility index (Phi) is 3.21. The fourth-order valence-electron chi connectivity index (χ4n) is 3.01. The number of nitrogens with zero attached hydrogens (tertiary/aromatic N) is 1. The summed E-state index contributed by atoms with van der Waals surface area (Å²) < 4.78 is 10.6. The summed E-state index contributed by atoms with van der Waals surface area (Å²) in [5.41, 5.74) is 3.20. The molecular formula is C16H17N3O3. The van der Waals surface area contributed by atoms with Gasteiger partial charge in [-0.1, -0.05) is 6.07 Å². The number of hydrogen-bond acceptors (Lipinski definition) is 4. The van der Waals surface area contributed by atoms with Crippen molar-refractivity contribution >= 4 is 5.91 Å². The van der Waals surface area contributed by atoms with Gasteiger partial charge in [0.2, 0.25) is 12.7 Å². The van der Waals surface area contributed by atoms with Crippen molar-refractivity contribution in [2.75, 3.05) is 6.79 Å². The molecule has 1 atom stereocenters. The molecule has 6 nitrogen and oxygen atoms in total. The lowest BCUT2D eigenvalue weighted by molar-refractivity contribution is -0.125. The van der Waals surface area contributed by atoms with Gasteiger partial charge >= 0.3 is 0 Å². The fourth-order valence-corrected chi connectivity index (χ4v) is 3.01. The van der Waals surface area contributed by atoms with Gasteiger partial charge in [-0.25, -0.2) is 4.98 Å². The third-order valence-electron chi connectivity index (χ3n) is 4.26. The zero-order valence-corrected chi connectivity index (χ0v) is 12.1. The number of carbonyl (C=O) groups excluding carboxylic acids is 1. The van der Waals surface area contributed by atoms with E-state index in [0.717, 1.165) is 47.7 Å². The topological polar surface area (TPSA) is 76.2 Å². The van der Waals surface area contributed by atoms with E-state index in [2.05, 4.69) is 15.3 Å². The van der Waals surface area contributed by atoms with Gasteiger partial charge in [0.25, 0.3) is 0 Å². The molecular weight excluding hydrogens is 282 g/mol. The van der Waals surface area contributed by atoms with E-state index in [1.165, 1.54) is 0 Å². The van der Waals surface area contributed by atoms with Crippen molar-refractivity contribution in [1.29, 1.82) is 0 Å². The number of aromatic amines is 1. The maximum absolute atomic E-state index is 12.3. The molecule has 2 aliphatic rings. The van der Waals surface area contributed by atoms with E-state index < -0.39 is 0 Å². The second-order valence-corrected chi connectivity index (χ2v) is 5.67. The van der Waals surface area contributed by atoms with Gasteiger partial charge in [-0.15, -0.1) is 0 Å². The zero-order valence-electron chi connectivity index (χ0n) is 12.1. The van der Waals surface area contributed by atoms with Gasteiger partial charge in [0, 0.05) is 24.6 Å². The highest BCUT2D eigenvalue weighted by Gasteiger charge is 2.26. The average Bonchev–Trinajstić information content (AvgIpc) is 3.19. The lowest BCUT2D eigenvalue weighted by Crippen LogP contribution is -2.33. The van der Waals surface area contributed by atoms with Crippen molar-refractivity contribution in [3.05, 3.63) is 41.5 Å². The molecule has 1 aliphatic carbocycles. The Bertz CT molecular complexity index is 710. The zero-order chi connectivity index (χ0) is 14.9. The average molecular weight is 299 g/mol. The SMILES string of the molecule is O=C(NCc1ccc2c(c1)OCO2)C1CCc2nc[nH]c2C1. The number of carbonyl (C=O) groups is 1. The van der Waals surface area contributed by atoms with E-state index in [-0.39, 0.29) is 18.6 Å². The van der Waals surface area contributed by atoms with E-state index in [9.17, 15) is 4.79 Å². The normalized spacial score (nSPS) is 18.8. The molecule has 1 amide bonds. The van der Waals surface area contributed by atoms with Crippen LogP contribution in [0.2, 0.25) is 0 Å². The Balaban J connectivity index is 1.37. The first-order valence-electron chi connectivity index (χ1n) is 7.47. The molecule has 2 heterocycles. The molecule has 1 aromatic carbocycles. The smallest absolute Gasteiger partial charge is 0.231 e. The first kappa shape index (κ1) is 13.2. The van der Waals surface area contributed by atoms with Crippen molar-refractivity contribution in [3.8, 4) is 11.5 Å². The van der Waals surface area contributed by atoms with E-state index in [1.54, 1.807) is 6.33 Å². The second kappa shape index (κ2) is 5.36. The lowest BCUT2D eigenvalue weighted by Gasteiger charge is -2.20. The van der Waals surface area contributed by atoms with Crippen LogP contribution in [0.5, 0.6) is 11.5 Å². The van der Waals surface area contributed by atoms with Gasteiger partial charge in [0.15, 0.2) is 11.5 Å². The minimum Gasteiger partial charge on any atom is -0.454 e. The van der Waals surface area contributed by atoms with Crippen LogP contribution < -0.4 is 14.8 Å². The van der Waals surface area contributed by atoms with Crippen molar-refractivity contribution in [2.24, 2.45) is 5.92 Å². The predicted molar refractivity (Wildman–Crippen MR) is 78.5 cm³/mol. The van der Waals surface area contributed by atoms with Crippen LogP contribution in [0.1, 0.15) is 23.4 Å². The summed E-state index contributed by atoms with van der Waals surface area (Å²) in [5.74, 6) is 1.61. The van der Waals surface area contributed by atoms with Crippen LogP contribution in [0.3, 0.4) is 0 Å². The molecule has 1 aliphatic heterocycles. The first-order valence-corrected chi connectivity index (χ1v) is 7.47. The number of hydrogen-bond donors (Lipinski definition) is 2. The first-order chi connectivity index (χ1) is 10.8. The van der Waals surface area contributed by atoms with Crippen molar-refractivity contribution in [1.82, 2.24) is 15.3 Å². The van der Waals surface area contributed by atoms with Crippen LogP contribution in [0.4, 0.5) is 0 Å². The van der Waals surface area contributed by atoms with E-state index in [4.69, 9.17) is 9.47 Å². The molecule has 2 N–H and O–H groups in total. The van der Waals surface area contributed by atoms with Crippen molar-refractivity contribution < 1.29 is 14.3 Å². The summed E-state index contributed by atoms with van der Waals surface area (Å²) in [5, 5.41) is 3.01. The van der Waals surface area contributed by atoms with Crippen molar-refractivity contribution in [3.63, 3.8) is 0 Å². The molecule has 0 bridgehead atoms. The van der Waals surface area contributed by atoms with Crippen LogP contribution in [-0.4, -0.2) is 22.7 Å². The number of aromatic nitrogens is 2. The highest BCUT2D eigenvalue weighted by atomic mass is 16.7. The maximum Gasteiger partial charge on any atom is 0.231 e. The Hall–Kier alpha value is -2.50. The molecule has 1 aromatic heterocycles. The minimum atomic E-state index is 0.0157. The molecule has 0 radical (unpaired) electrons. The molecule has 2 aromatic rings. The van der Waals surface area contributed by atoms with Crippen LogP contribution in [-0.2, 0) is 24.2 Å². The van der Waals surface area contributed by atoms with Crippen LogP contribution in [0.15, 0.2) is 24.5 Å². The standard InChI is InChI=1S/C16H17N3O3/c20-16(11-2-3-12-13(6-11)19-8-18-12)17-7-10-1-4-14-15(5-10)22-9-21-14/h1,4-5,8,11H,2-3,6-7,9H2,(H,17,20)(H,18,19). The van der Waals surface area contributed by atoms with Gasteiger partial charge in [-0.2, -0.15) is 0 Å². The molecule has 1 unspecified atom stereocenters. The molecule has 114 valence electrons. The molecule has 0 saturated heterocycles. The van der Waals surface area contributed by atoms with Crippen LogP contribution in [0, 0.1) is 5.92 Å². The Morgan fingerprint density at radius 2 is 2.27 bits per heavy atom. The number of H-pyrrole nitrogens is 1. The van der Waals surface area contributed by atoms with E-state index >= 15 is 0 Å². The largest absolute Gasteiger partial charge is 0.454 e. The Morgan fingerprint density at radius 1 is 1.36 bits per heavy atom. The molecule has 22 heavy (non-hydrogen) atoms. The van der Waals surface area contributed by atoms with Crippen LogP contribution >= 0.6 is 0 Å². The van der Waals surface area contributed by atoms with E-state index in [0.29, 0.717) is 6.54 Å². The molecule has 0 saturated carbocycles. The van der Waals surface area contributed by atoms with Crippen molar-refractivity contribution in [2.45, 2.75) is 25.8 Å². The number of nitrogens with one attached hydrogen (secondary N) is 2. The number of rotatable bonds is 3. The molecule has 4 rings (SSSR count). The van der Waals surface area contributed by atoms with Crippen LogP contribution in [0.25, 0.3) is 0 Å².